The van der Waals surface area contributed by atoms with E-state index in [9.17, 15) is 10.1 Å². The third kappa shape index (κ3) is 7.80. The highest BCUT2D eigenvalue weighted by Crippen LogP contribution is 2.35. The van der Waals surface area contributed by atoms with Crippen LogP contribution in [0, 0.1) is 11.3 Å². The number of carbonyl (C=O) groups is 1. The minimum Gasteiger partial charge on any atom is -0.463 e. The molecule has 0 saturated carbocycles. The molecule has 2 fully saturated rings. The molecule has 3 radical (unpaired) electrons. The van der Waals surface area contributed by atoms with Gasteiger partial charge in [0.1, 0.15) is 11.4 Å². The van der Waals surface area contributed by atoms with Gasteiger partial charge in [-0.25, -0.2) is 4.79 Å². The molecule has 0 aliphatic carbocycles. The maximum absolute atomic E-state index is 13.1. The Balaban J connectivity index is 1.25. The van der Waals surface area contributed by atoms with Gasteiger partial charge < -0.3 is 28.9 Å². The van der Waals surface area contributed by atoms with Crippen LogP contribution in [0.25, 0.3) is 10.8 Å². The predicted molar refractivity (Wildman–Crippen MR) is 182 cm³/mol. The molecule has 11 nitrogen and oxygen atoms in total. The summed E-state index contributed by atoms with van der Waals surface area (Å²) in [6.07, 6.45) is 1.42. The van der Waals surface area contributed by atoms with Gasteiger partial charge in [-0.1, -0.05) is 36.4 Å². The normalized spacial score (nSPS) is 20.5. The predicted octanol–water partition coefficient (Wildman–Crippen LogP) is 4.13. The SMILES string of the molecule is CC(C)(C)OC(=O)N1CCN(c2nc(OCCCN3CCOC[C@@H]3[Si])nc3c2CCN(c2cccc4ccccc24)C3)CC1CC#N. The molecule has 47 heavy (non-hydrogen) atoms. The van der Waals surface area contributed by atoms with Crippen LogP contribution in [0.2, 0.25) is 0 Å². The number of rotatable bonds is 8. The average Bonchev–Trinajstić information content (AvgIpc) is 3.06. The highest BCUT2D eigenvalue weighted by Gasteiger charge is 2.36. The fourth-order valence-electron chi connectivity index (χ4n) is 6.63. The first-order chi connectivity index (χ1) is 22.7. The molecular formula is C35H44N7O4Si. The number of hydrogen-bond acceptors (Lipinski definition) is 10. The van der Waals surface area contributed by atoms with E-state index in [1.54, 1.807) is 4.90 Å². The summed E-state index contributed by atoms with van der Waals surface area (Å²) in [6, 6.07) is 17.2. The van der Waals surface area contributed by atoms with Crippen LogP contribution >= 0.6 is 0 Å². The number of nitriles is 1. The average molecular weight is 655 g/mol. The van der Waals surface area contributed by atoms with Crippen molar-refractivity contribution in [2.24, 2.45) is 0 Å². The maximum Gasteiger partial charge on any atom is 0.410 e. The van der Waals surface area contributed by atoms with Crippen LogP contribution in [0.3, 0.4) is 0 Å². The van der Waals surface area contributed by atoms with Gasteiger partial charge in [-0.15, -0.1) is 0 Å². The van der Waals surface area contributed by atoms with Crippen molar-refractivity contribution in [3.63, 3.8) is 0 Å². The Morgan fingerprint density at radius 3 is 2.72 bits per heavy atom. The topological polar surface area (TPSA) is 107 Å². The largest absolute Gasteiger partial charge is 0.463 e. The minimum atomic E-state index is -0.615. The van der Waals surface area contributed by atoms with Gasteiger partial charge in [0.05, 0.1) is 60.8 Å². The second-order valence-corrected chi connectivity index (χ2v) is 14.1. The fraction of sp³-hybridized carbons (Fsp3) is 0.543. The van der Waals surface area contributed by atoms with E-state index >= 15 is 0 Å². The van der Waals surface area contributed by atoms with E-state index in [2.05, 4.69) is 73.5 Å². The number of fused-ring (bicyclic) bond motifs is 2. The van der Waals surface area contributed by atoms with E-state index in [0.717, 1.165) is 56.2 Å². The number of amides is 1. The number of benzene rings is 2. The van der Waals surface area contributed by atoms with Crippen molar-refractivity contribution in [2.45, 2.75) is 63.9 Å². The van der Waals surface area contributed by atoms with Crippen LogP contribution < -0.4 is 14.5 Å². The summed E-state index contributed by atoms with van der Waals surface area (Å²) in [6.45, 7) is 12.2. The van der Waals surface area contributed by atoms with Crippen molar-refractivity contribution in [1.82, 2.24) is 19.8 Å². The first-order valence-electron chi connectivity index (χ1n) is 16.6. The van der Waals surface area contributed by atoms with E-state index in [-0.39, 0.29) is 24.2 Å². The Morgan fingerprint density at radius 2 is 1.91 bits per heavy atom. The Hall–Kier alpha value is -3.92. The summed E-state index contributed by atoms with van der Waals surface area (Å²) in [5.41, 5.74) is 2.83. The smallest absolute Gasteiger partial charge is 0.410 e. The molecule has 0 bridgehead atoms. The van der Waals surface area contributed by atoms with Gasteiger partial charge in [0, 0.05) is 61.6 Å². The lowest BCUT2D eigenvalue weighted by Gasteiger charge is -2.42. The molecule has 2 saturated heterocycles. The van der Waals surface area contributed by atoms with Crippen molar-refractivity contribution in [1.29, 1.82) is 5.26 Å². The van der Waals surface area contributed by atoms with Crippen LogP contribution in [-0.4, -0.2) is 113 Å². The molecule has 247 valence electrons. The Morgan fingerprint density at radius 1 is 1.09 bits per heavy atom. The van der Waals surface area contributed by atoms with E-state index in [1.165, 1.54) is 16.5 Å². The van der Waals surface area contributed by atoms with Crippen LogP contribution in [0.15, 0.2) is 42.5 Å². The van der Waals surface area contributed by atoms with Crippen LogP contribution in [0.5, 0.6) is 6.01 Å². The van der Waals surface area contributed by atoms with Gasteiger partial charge >= 0.3 is 12.1 Å². The third-order valence-electron chi connectivity index (χ3n) is 8.93. The number of ether oxygens (including phenoxy) is 3. The number of hydrogen-bond donors (Lipinski definition) is 0. The quantitative estimate of drug-likeness (QED) is 0.260. The van der Waals surface area contributed by atoms with Crippen molar-refractivity contribution in [3.05, 3.63) is 53.7 Å². The molecule has 2 aromatic carbocycles. The van der Waals surface area contributed by atoms with E-state index < -0.39 is 5.60 Å². The molecule has 12 heteroatoms. The zero-order valence-electron chi connectivity index (χ0n) is 27.7. The molecule has 1 aromatic heterocycles. The zero-order valence-corrected chi connectivity index (χ0v) is 28.7. The van der Waals surface area contributed by atoms with Gasteiger partial charge in [-0.3, -0.25) is 4.90 Å². The molecule has 0 N–H and O–H groups in total. The summed E-state index contributed by atoms with van der Waals surface area (Å²) in [5.74, 6) is 0.836. The Labute approximate surface area is 280 Å². The van der Waals surface area contributed by atoms with Gasteiger partial charge in [0.25, 0.3) is 0 Å². The number of nitrogens with zero attached hydrogens (tertiary/aromatic N) is 7. The lowest BCUT2D eigenvalue weighted by molar-refractivity contribution is 0.0144. The molecule has 0 spiro atoms. The first kappa shape index (κ1) is 33.0. The molecule has 1 amide bonds. The molecule has 1 unspecified atom stereocenters. The maximum atomic E-state index is 13.1. The third-order valence-corrected chi connectivity index (χ3v) is 9.46. The Bertz CT molecular complexity index is 1600. The van der Waals surface area contributed by atoms with Gasteiger partial charge in [-0.05, 0) is 45.1 Å². The molecular weight excluding hydrogens is 611 g/mol. The zero-order chi connectivity index (χ0) is 33.0. The monoisotopic (exact) mass is 654 g/mol. The van der Waals surface area contributed by atoms with Crippen LogP contribution in [0.4, 0.5) is 16.3 Å². The fourth-order valence-corrected chi connectivity index (χ4v) is 7.01. The van der Waals surface area contributed by atoms with Crippen molar-refractivity contribution < 1.29 is 19.0 Å². The summed E-state index contributed by atoms with van der Waals surface area (Å²) < 4.78 is 17.5. The molecule has 3 aliphatic rings. The van der Waals surface area contributed by atoms with E-state index in [4.69, 9.17) is 24.2 Å². The van der Waals surface area contributed by atoms with Crippen LogP contribution in [0.1, 0.15) is 44.9 Å². The van der Waals surface area contributed by atoms with E-state index in [0.29, 0.717) is 45.4 Å². The Kier molecular flexibility index (Phi) is 10.1. The standard InChI is InChI=1S/C35H44N7O4Si/c1-35(2,3)46-34(43)42-18-17-41(22-26(42)12-14-36)32-28-13-16-40(30-11-6-9-25-8-4-5-10-27(25)30)23-29(28)37-33(38-32)45-20-7-15-39-19-21-44-24-31(39)47/h4-6,8-11,26,31H,7,12-13,15-24H2,1-3H3/t26?,31-/m0/s1. The summed E-state index contributed by atoms with van der Waals surface area (Å²) in [5, 5.41) is 12.1. The molecule has 3 aliphatic heterocycles. The molecule has 6 rings (SSSR count). The second-order valence-electron chi connectivity index (χ2n) is 13.4. The van der Waals surface area contributed by atoms with Gasteiger partial charge in [0.15, 0.2) is 0 Å². The summed E-state index contributed by atoms with van der Waals surface area (Å²) in [7, 11) is 3.76. The minimum absolute atomic E-state index is 0.205. The highest BCUT2D eigenvalue weighted by atomic mass is 28.1. The summed E-state index contributed by atoms with van der Waals surface area (Å²) >= 11 is 0. The molecule has 2 atom stereocenters. The first-order valence-corrected chi connectivity index (χ1v) is 17.2. The number of anilines is 2. The highest BCUT2D eigenvalue weighted by molar-refractivity contribution is 6.11. The van der Waals surface area contributed by atoms with E-state index in [1.807, 2.05) is 20.8 Å². The van der Waals surface area contributed by atoms with Crippen molar-refractivity contribution >= 4 is 38.6 Å². The lowest BCUT2D eigenvalue weighted by Crippen LogP contribution is -2.56. The summed E-state index contributed by atoms with van der Waals surface area (Å²) in [4.78, 5) is 31.7. The van der Waals surface area contributed by atoms with Crippen LogP contribution in [-0.2, 0) is 22.4 Å². The van der Waals surface area contributed by atoms with Gasteiger partial charge in [-0.2, -0.15) is 15.2 Å². The molecule has 3 aromatic rings. The number of morpholine rings is 1. The molecule has 4 heterocycles. The second kappa shape index (κ2) is 14.5. The number of aromatic nitrogens is 2. The number of piperazine rings is 1. The number of carbonyl (C=O) groups excluding carboxylic acids is 1. The van der Waals surface area contributed by atoms with Gasteiger partial charge in [0.2, 0.25) is 0 Å². The lowest BCUT2D eigenvalue weighted by atomic mass is 10.0. The van der Waals surface area contributed by atoms with Crippen molar-refractivity contribution in [2.75, 3.05) is 68.9 Å². The van der Waals surface area contributed by atoms with Crippen molar-refractivity contribution in [3.8, 4) is 12.1 Å².